The van der Waals surface area contributed by atoms with E-state index >= 15 is 0 Å². The fourth-order valence-corrected chi connectivity index (χ4v) is 5.33. The molecule has 4 rings (SSSR count). The third-order valence-corrected chi connectivity index (χ3v) is 7.79. The quantitative estimate of drug-likeness (QED) is 0.292. The van der Waals surface area contributed by atoms with E-state index in [0.29, 0.717) is 11.5 Å². The highest BCUT2D eigenvalue weighted by atomic mass is 32.2. The maximum Gasteiger partial charge on any atom is 0.261 e. The van der Waals surface area contributed by atoms with Gasteiger partial charge in [0.05, 0.1) is 28.3 Å². The van der Waals surface area contributed by atoms with Crippen molar-refractivity contribution in [2.24, 2.45) is 0 Å². The van der Waals surface area contributed by atoms with Gasteiger partial charge in [-0.05, 0) is 84.9 Å². The zero-order valence-electron chi connectivity index (χ0n) is 19.2. The van der Waals surface area contributed by atoms with Crippen LogP contribution in [0.4, 0.5) is 20.2 Å². The van der Waals surface area contributed by atoms with Gasteiger partial charge in [-0.3, -0.25) is 9.44 Å². The van der Waals surface area contributed by atoms with Gasteiger partial charge in [-0.15, -0.1) is 0 Å². The second-order valence-electron chi connectivity index (χ2n) is 7.60. The van der Waals surface area contributed by atoms with Crippen molar-refractivity contribution in [2.75, 3.05) is 16.6 Å². The number of hydrogen-bond acceptors (Lipinski definition) is 6. The molecule has 0 saturated heterocycles. The van der Waals surface area contributed by atoms with E-state index in [4.69, 9.17) is 9.47 Å². The number of methoxy groups -OCH3 is 1. The summed E-state index contributed by atoms with van der Waals surface area (Å²) in [5.74, 6) is -0.0431. The molecule has 0 spiro atoms. The van der Waals surface area contributed by atoms with Gasteiger partial charge in [0.2, 0.25) is 0 Å². The lowest BCUT2D eigenvalue weighted by atomic mass is 10.2. The molecule has 0 bridgehead atoms. The molecule has 0 radical (unpaired) electrons. The van der Waals surface area contributed by atoms with Crippen LogP contribution in [0.3, 0.4) is 0 Å². The molecule has 4 aromatic rings. The van der Waals surface area contributed by atoms with Crippen molar-refractivity contribution in [3.63, 3.8) is 0 Å². The number of sulfonamides is 2. The Kier molecular flexibility index (Phi) is 7.32. The SMILES string of the molecule is COc1ccc(Oc2ccc(NS(=O)(=O)c3ccc(F)cc3)c(NS(=O)(=O)c3ccc(F)cc3)c2)cc1. The first-order valence-electron chi connectivity index (χ1n) is 10.6. The van der Waals surface area contributed by atoms with Gasteiger partial charge < -0.3 is 9.47 Å². The summed E-state index contributed by atoms with van der Waals surface area (Å²) in [4.78, 5) is -0.484. The van der Waals surface area contributed by atoms with Crippen LogP contribution >= 0.6 is 0 Å². The summed E-state index contributed by atoms with van der Waals surface area (Å²) < 4.78 is 93.8. The van der Waals surface area contributed by atoms with Crippen LogP contribution in [0.15, 0.2) is 101 Å². The topological polar surface area (TPSA) is 111 Å². The number of halogens is 2. The zero-order chi connectivity index (χ0) is 26.6. The summed E-state index contributed by atoms with van der Waals surface area (Å²) >= 11 is 0. The molecule has 0 unspecified atom stereocenters. The third-order valence-electron chi connectivity index (χ3n) is 5.02. The van der Waals surface area contributed by atoms with Gasteiger partial charge in [-0.2, -0.15) is 0 Å². The van der Waals surface area contributed by atoms with Gasteiger partial charge >= 0.3 is 0 Å². The molecule has 0 saturated carbocycles. The summed E-state index contributed by atoms with van der Waals surface area (Å²) in [5, 5.41) is 0. The number of rotatable bonds is 9. The van der Waals surface area contributed by atoms with Crippen molar-refractivity contribution < 1.29 is 35.1 Å². The van der Waals surface area contributed by atoms with Gasteiger partial charge in [0.25, 0.3) is 20.0 Å². The Morgan fingerprint density at radius 2 is 1.00 bits per heavy atom. The van der Waals surface area contributed by atoms with Crippen LogP contribution in [0.2, 0.25) is 0 Å². The van der Waals surface area contributed by atoms with E-state index in [-0.39, 0.29) is 26.9 Å². The van der Waals surface area contributed by atoms with Crippen LogP contribution in [0.25, 0.3) is 0 Å². The van der Waals surface area contributed by atoms with Gasteiger partial charge in [0.15, 0.2) is 0 Å². The summed E-state index contributed by atoms with van der Waals surface area (Å²) in [7, 11) is -6.95. The van der Waals surface area contributed by atoms with E-state index in [0.717, 1.165) is 48.5 Å². The van der Waals surface area contributed by atoms with Crippen molar-refractivity contribution in [1.29, 1.82) is 0 Å². The molecule has 0 fully saturated rings. The molecule has 0 aliphatic heterocycles. The minimum atomic E-state index is -4.25. The maximum absolute atomic E-state index is 13.3. The molecule has 0 aromatic heterocycles. The minimum Gasteiger partial charge on any atom is -0.497 e. The molecule has 0 amide bonds. The fraction of sp³-hybridized carbons (Fsp3) is 0.0400. The lowest BCUT2D eigenvalue weighted by Crippen LogP contribution is -2.17. The van der Waals surface area contributed by atoms with Crippen LogP contribution in [0.5, 0.6) is 17.2 Å². The lowest BCUT2D eigenvalue weighted by molar-refractivity contribution is 0.413. The first kappa shape index (κ1) is 25.9. The Bertz CT molecular complexity index is 1610. The van der Waals surface area contributed by atoms with Crippen LogP contribution in [-0.2, 0) is 20.0 Å². The highest BCUT2D eigenvalue weighted by Gasteiger charge is 2.21. The van der Waals surface area contributed by atoms with Crippen LogP contribution in [0.1, 0.15) is 0 Å². The molecule has 0 heterocycles. The average Bonchev–Trinajstić information content (AvgIpc) is 2.86. The predicted octanol–water partition coefficient (Wildman–Crippen LogP) is 5.37. The second-order valence-corrected chi connectivity index (χ2v) is 11.0. The third kappa shape index (κ3) is 6.35. The summed E-state index contributed by atoms with van der Waals surface area (Å²) in [6.07, 6.45) is 0. The van der Waals surface area contributed by atoms with Crippen LogP contribution < -0.4 is 18.9 Å². The van der Waals surface area contributed by atoms with Crippen molar-refractivity contribution in [3.05, 3.63) is 103 Å². The van der Waals surface area contributed by atoms with Gasteiger partial charge in [0.1, 0.15) is 28.9 Å². The van der Waals surface area contributed by atoms with Crippen LogP contribution in [-0.4, -0.2) is 23.9 Å². The first-order chi connectivity index (χ1) is 17.6. The standard InChI is InChI=1S/C25H20F2N2O6S2/c1-34-19-6-8-20(9-7-19)35-21-10-15-24(28-36(30,31)22-11-2-17(26)3-12-22)25(16-21)29-37(32,33)23-13-4-18(27)5-14-23/h2-16,28-29H,1H3. The lowest BCUT2D eigenvalue weighted by Gasteiger charge is -2.16. The number of ether oxygens (including phenoxy) is 2. The molecule has 192 valence electrons. The number of anilines is 2. The average molecular weight is 547 g/mol. The van der Waals surface area contributed by atoms with Gasteiger partial charge in [-0.25, -0.2) is 25.6 Å². The van der Waals surface area contributed by atoms with E-state index in [1.807, 2.05) is 0 Å². The van der Waals surface area contributed by atoms with E-state index in [1.165, 1.54) is 25.3 Å². The molecule has 8 nitrogen and oxygen atoms in total. The predicted molar refractivity (Wildman–Crippen MR) is 134 cm³/mol. The van der Waals surface area contributed by atoms with E-state index < -0.39 is 31.7 Å². The Morgan fingerprint density at radius 3 is 1.49 bits per heavy atom. The molecule has 0 aliphatic rings. The monoisotopic (exact) mass is 546 g/mol. The number of benzene rings is 4. The Balaban J connectivity index is 1.71. The zero-order valence-corrected chi connectivity index (χ0v) is 20.8. The highest BCUT2D eigenvalue weighted by molar-refractivity contribution is 7.93. The molecule has 0 aliphatic carbocycles. The second kappa shape index (κ2) is 10.4. The Morgan fingerprint density at radius 1 is 0.568 bits per heavy atom. The summed E-state index contributed by atoms with van der Waals surface area (Å²) in [5.41, 5.74) is -0.293. The molecular weight excluding hydrogens is 526 g/mol. The Labute approximate surface area is 212 Å². The molecule has 2 N–H and O–H groups in total. The molecule has 12 heteroatoms. The number of nitrogens with one attached hydrogen (secondary N) is 2. The van der Waals surface area contributed by atoms with Gasteiger partial charge in [0, 0.05) is 6.07 Å². The smallest absolute Gasteiger partial charge is 0.261 e. The molecule has 37 heavy (non-hydrogen) atoms. The largest absolute Gasteiger partial charge is 0.497 e. The van der Waals surface area contributed by atoms with Crippen molar-refractivity contribution in [3.8, 4) is 17.2 Å². The van der Waals surface area contributed by atoms with E-state index in [9.17, 15) is 25.6 Å². The molecule has 4 aromatic carbocycles. The maximum atomic E-state index is 13.3. The van der Waals surface area contributed by atoms with Crippen molar-refractivity contribution in [2.45, 2.75) is 9.79 Å². The minimum absolute atomic E-state index is 0.128. The van der Waals surface area contributed by atoms with Gasteiger partial charge in [-0.1, -0.05) is 0 Å². The summed E-state index contributed by atoms with van der Waals surface area (Å²) in [6, 6.07) is 18.8. The molecule has 0 atom stereocenters. The van der Waals surface area contributed by atoms with Crippen LogP contribution in [0, 0.1) is 11.6 Å². The Hall–Kier alpha value is -4.16. The number of hydrogen-bond donors (Lipinski definition) is 2. The normalized spacial score (nSPS) is 11.5. The fourth-order valence-electron chi connectivity index (χ4n) is 3.18. The molecular formula is C25H20F2N2O6S2. The van der Waals surface area contributed by atoms with E-state index in [2.05, 4.69) is 9.44 Å². The highest BCUT2D eigenvalue weighted by Crippen LogP contribution is 2.33. The van der Waals surface area contributed by atoms with E-state index in [1.54, 1.807) is 24.3 Å². The van der Waals surface area contributed by atoms with Crippen molar-refractivity contribution >= 4 is 31.4 Å². The van der Waals surface area contributed by atoms with Crippen molar-refractivity contribution in [1.82, 2.24) is 0 Å². The first-order valence-corrected chi connectivity index (χ1v) is 13.6. The summed E-state index contributed by atoms with van der Waals surface area (Å²) in [6.45, 7) is 0.